The van der Waals surface area contributed by atoms with E-state index in [0.29, 0.717) is 12.0 Å². The molecule has 106 valence electrons. The Balaban J connectivity index is 1.52. The second-order valence-corrected chi connectivity index (χ2v) is 5.68. The molecule has 1 aromatic heterocycles. The zero-order valence-electron chi connectivity index (χ0n) is 11.9. The van der Waals surface area contributed by atoms with Crippen LogP contribution in [-0.4, -0.2) is 15.8 Å². The van der Waals surface area contributed by atoms with Gasteiger partial charge in [0.25, 0.3) is 0 Å². The molecule has 1 aliphatic carbocycles. The number of hydrogen-bond acceptors (Lipinski definition) is 2. The third-order valence-electron chi connectivity index (χ3n) is 4.18. The van der Waals surface area contributed by atoms with Gasteiger partial charge in [-0.1, -0.05) is 18.2 Å². The Hall–Kier alpha value is -1.68. The minimum absolute atomic E-state index is 0.0703. The summed E-state index contributed by atoms with van der Waals surface area (Å²) in [6, 6.07) is 7.60. The lowest BCUT2D eigenvalue weighted by Gasteiger charge is -2.36. The van der Waals surface area contributed by atoms with E-state index < -0.39 is 0 Å². The minimum Gasteiger partial charge on any atom is -0.310 e. The van der Waals surface area contributed by atoms with Crippen molar-refractivity contribution >= 4 is 0 Å². The number of rotatable bonds is 4. The highest BCUT2D eigenvalue weighted by atomic mass is 19.1. The van der Waals surface area contributed by atoms with Crippen molar-refractivity contribution in [3.8, 4) is 0 Å². The summed E-state index contributed by atoms with van der Waals surface area (Å²) >= 11 is 0. The van der Waals surface area contributed by atoms with Gasteiger partial charge in [0, 0.05) is 31.4 Å². The first kappa shape index (κ1) is 13.3. The van der Waals surface area contributed by atoms with Gasteiger partial charge in [-0.05, 0) is 37.3 Å². The van der Waals surface area contributed by atoms with Gasteiger partial charge in [-0.2, -0.15) is 5.10 Å². The molecule has 1 aliphatic rings. The second kappa shape index (κ2) is 5.37. The first-order valence-electron chi connectivity index (χ1n) is 7.10. The van der Waals surface area contributed by atoms with Gasteiger partial charge in [-0.15, -0.1) is 0 Å². The fourth-order valence-electron chi connectivity index (χ4n) is 2.92. The predicted octanol–water partition coefficient (Wildman–Crippen LogP) is 2.90. The third-order valence-corrected chi connectivity index (χ3v) is 4.18. The molecule has 0 unspecified atom stereocenters. The summed E-state index contributed by atoms with van der Waals surface area (Å²) < 4.78 is 15.5. The molecule has 0 bridgehead atoms. The quantitative estimate of drug-likeness (QED) is 0.928. The first-order valence-corrected chi connectivity index (χ1v) is 7.10. The highest BCUT2D eigenvalue weighted by Gasteiger charge is 2.31. The average Bonchev–Trinajstić information content (AvgIpc) is 2.68. The molecule has 0 atom stereocenters. The molecule has 1 saturated carbocycles. The highest BCUT2D eigenvalue weighted by molar-refractivity contribution is 5.25. The van der Waals surface area contributed by atoms with Crippen molar-refractivity contribution in [2.45, 2.75) is 38.3 Å². The van der Waals surface area contributed by atoms with Crippen molar-refractivity contribution in [2.24, 2.45) is 7.05 Å². The number of nitrogens with zero attached hydrogens (tertiary/aromatic N) is 2. The summed E-state index contributed by atoms with van der Waals surface area (Å²) in [5.74, 6) is 0.294. The van der Waals surface area contributed by atoms with Crippen LogP contribution in [0.15, 0.2) is 30.5 Å². The molecule has 1 fully saturated rings. The standard InChI is InChI=1S/C16H20FN3/c1-11-13(10-20(2)19-11)9-18-14-7-12(8-14)15-5-3-4-6-16(15)17/h3-6,10,12,14,18H,7-9H2,1-2H3. The zero-order chi connectivity index (χ0) is 14.1. The van der Waals surface area contributed by atoms with Crippen LogP contribution in [-0.2, 0) is 13.6 Å². The molecule has 0 saturated heterocycles. The molecule has 20 heavy (non-hydrogen) atoms. The van der Waals surface area contributed by atoms with Crippen LogP contribution in [0, 0.1) is 12.7 Å². The van der Waals surface area contributed by atoms with E-state index in [4.69, 9.17) is 0 Å². The lowest BCUT2D eigenvalue weighted by Crippen LogP contribution is -2.39. The van der Waals surface area contributed by atoms with E-state index in [0.717, 1.165) is 30.6 Å². The molecular formula is C16H20FN3. The summed E-state index contributed by atoms with van der Waals surface area (Å²) in [4.78, 5) is 0. The molecular weight excluding hydrogens is 253 g/mol. The summed E-state index contributed by atoms with van der Waals surface area (Å²) in [7, 11) is 1.94. The van der Waals surface area contributed by atoms with Crippen LogP contribution in [0.4, 0.5) is 4.39 Å². The normalized spacial score (nSPS) is 21.8. The van der Waals surface area contributed by atoms with E-state index in [1.165, 1.54) is 5.56 Å². The Kier molecular flexibility index (Phi) is 3.57. The Morgan fingerprint density at radius 1 is 1.35 bits per heavy atom. The molecule has 2 aromatic rings. The Morgan fingerprint density at radius 3 is 2.75 bits per heavy atom. The van der Waals surface area contributed by atoms with Gasteiger partial charge in [0.2, 0.25) is 0 Å². The van der Waals surface area contributed by atoms with Crippen LogP contribution in [0.25, 0.3) is 0 Å². The van der Waals surface area contributed by atoms with E-state index in [1.54, 1.807) is 12.1 Å². The van der Waals surface area contributed by atoms with Crippen molar-refractivity contribution in [3.63, 3.8) is 0 Å². The lowest BCUT2D eigenvalue weighted by molar-refractivity contribution is 0.284. The summed E-state index contributed by atoms with van der Waals surface area (Å²) in [5.41, 5.74) is 3.18. The van der Waals surface area contributed by atoms with E-state index >= 15 is 0 Å². The van der Waals surface area contributed by atoms with Crippen LogP contribution >= 0.6 is 0 Å². The summed E-state index contributed by atoms with van der Waals surface area (Å²) in [5, 5.41) is 7.87. The Morgan fingerprint density at radius 2 is 2.10 bits per heavy atom. The molecule has 1 heterocycles. The first-order chi connectivity index (χ1) is 9.63. The monoisotopic (exact) mass is 273 g/mol. The average molecular weight is 273 g/mol. The summed E-state index contributed by atoms with van der Waals surface area (Å²) in [6.07, 6.45) is 4.08. The number of nitrogens with one attached hydrogen (secondary N) is 1. The van der Waals surface area contributed by atoms with Gasteiger partial charge < -0.3 is 5.32 Å². The Bertz CT molecular complexity index is 600. The molecule has 0 aliphatic heterocycles. The molecule has 4 heteroatoms. The third kappa shape index (κ3) is 2.61. The van der Waals surface area contributed by atoms with Crippen molar-refractivity contribution in [1.29, 1.82) is 0 Å². The van der Waals surface area contributed by atoms with Crippen LogP contribution < -0.4 is 5.32 Å². The van der Waals surface area contributed by atoms with Gasteiger partial charge in [0.15, 0.2) is 0 Å². The number of aryl methyl sites for hydroxylation is 2. The van der Waals surface area contributed by atoms with Crippen molar-refractivity contribution < 1.29 is 4.39 Å². The van der Waals surface area contributed by atoms with E-state index in [-0.39, 0.29) is 5.82 Å². The molecule has 0 radical (unpaired) electrons. The van der Waals surface area contributed by atoms with Crippen LogP contribution in [0.1, 0.15) is 35.6 Å². The fraction of sp³-hybridized carbons (Fsp3) is 0.438. The van der Waals surface area contributed by atoms with Crippen LogP contribution in [0.3, 0.4) is 0 Å². The van der Waals surface area contributed by atoms with Crippen molar-refractivity contribution in [3.05, 3.63) is 53.1 Å². The number of hydrogen-bond donors (Lipinski definition) is 1. The van der Waals surface area contributed by atoms with Crippen molar-refractivity contribution in [1.82, 2.24) is 15.1 Å². The topological polar surface area (TPSA) is 29.9 Å². The smallest absolute Gasteiger partial charge is 0.126 e. The minimum atomic E-state index is -0.0703. The molecule has 1 N–H and O–H groups in total. The number of benzene rings is 1. The van der Waals surface area contributed by atoms with Gasteiger partial charge >= 0.3 is 0 Å². The molecule has 1 aromatic carbocycles. The van der Waals surface area contributed by atoms with E-state index in [1.807, 2.05) is 30.8 Å². The molecule has 3 rings (SSSR count). The van der Waals surface area contributed by atoms with E-state index in [2.05, 4.69) is 16.6 Å². The van der Waals surface area contributed by atoms with Gasteiger partial charge in [-0.25, -0.2) is 4.39 Å². The maximum absolute atomic E-state index is 13.7. The maximum atomic E-state index is 13.7. The zero-order valence-corrected chi connectivity index (χ0v) is 11.9. The van der Waals surface area contributed by atoms with Gasteiger partial charge in [0.1, 0.15) is 5.82 Å². The van der Waals surface area contributed by atoms with E-state index in [9.17, 15) is 4.39 Å². The van der Waals surface area contributed by atoms with Crippen molar-refractivity contribution in [2.75, 3.05) is 0 Å². The van der Waals surface area contributed by atoms with Gasteiger partial charge in [0.05, 0.1) is 5.69 Å². The summed E-state index contributed by atoms with van der Waals surface area (Å²) in [6.45, 7) is 2.87. The predicted molar refractivity (Wildman–Crippen MR) is 76.9 cm³/mol. The van der Waals surface area contributed by atoms with Crippen LogP contribution in [0.5, 0.6) is 0 Å². The Labute approximate surface area is 118 Å². The van der Waals surface area contributed by atoms with Crippen LogP contribution in [0.2, 0.25) is 0 Å². The molecule has 0 amide bonds. The molecule has 0 spiro atoms. The molecule has 3 nitrogen and oxygen atoms in total. The highest BCUT2D eigenvalue weighted by Crippen LogP contribution is 2.38. The van der Waals surface area contributed by atoms with Gasteiger partial charge in [-0.3, -0.25) is 4.68 Å². The number of aromatic nitrogens is 2. The SMILES string of the molecule is Cc1nn(C)cc1CNC1CC(c2ccccc2F)C1. The largest absolute Gasteiger partial charge is 0.310 e. The number of halogens is 1. The fourth-order valence-corrected chi connectivity index (χ4v) is 2.92. The lowest BCUT2D eigenvalue weighted by atomic mass is 9.75. The second-order valence-electron chi connectivity index (χ2n) is 5.68. The maximum Gasteiger partial charge on any atom is 0.126 e.